The summed E-state index contributed by atoms with van der Waals surface area (Å²) in [5.41, 5.74) is 0.101. The number of ether oxygens (including phenoxy) is 1. The van der Waals surface area contributed by atoms with Gasteiger partial charge in [-0.3, -0.25) is 4.79 Å². The van der Waals surface area contributed by atoms with Crippen LogP contribution in [-0.2, 0) is 9.53 Å². The summed E-state index contributed by atoms with van der Waals surface area (Å²) in [6, 6.07) is 0.0261. The van der Waals surface area contributed by atoms with Crippen molar-refractivity contribution < 1.29 is 9.53 Å². The van der Waals surface area contributed by atoms with Crippen LogP contribution in [0.1, 0.15) is 33.1 Å². The van der Waals surface area contributed by atoms with Gasteiger partial charge in [-0.05, 0) is 31.2 Å². The van der Waals surface area contributed by atoms with Crippen LogP contribution in [0.5, 0.6) is 0 Å². The fourth-order valence-corrected chi connectivity index (χ4v) is 1.82. The van der Waals surface area contributed by atoms with Gasteiger partial charge >= 0.3 is 0 Å². The fourth-order valence-electron chi connectivity index (χ4n) is 1.82. The molecule has 1 heterocycles. The molecular weight excluding hydrogens is 240 g/mol. The van der Waals surface area contributed by atoms with Crippen LogP contribution in [0.4, 0.5) is 0 Å². The van der Waals surface area contributed by atoms with Gasteiger partial charge in [-0.2, -0.15) is 0 Å². The molecule has 0 spiro atoms. The second kappa shape index (κ2) is 7.90. The molecule has 1 aliphatic heterocycles. The highest BCUT2D eigenvalue weighted by Gasteiger charge is 2.24. The van der Waals surface area contributed by atoms with Crippen LogP contribution in [0, 0.1) is 5.41 Å². The summed E-state index contributed by atoms with van der Waals surface area (Å²) in [5.74, 6) is 0.142. The SMILES string of the molecule is COCCC(C)(C)CNC(=O)C1CCCN1.Cl. The summed E-state index contributed by atoms with van der Waals surface area (Å²) in [6.07, 6.45) is 3.03. The molecule has 0 aromatic carbocycles. The molecule has 1 amide bonds. The highest BCUT2D eigenvalue weighted by molar-refractivity contribution is 5.85. The topological polar surface area (TPSA) is 50.4 Å². The van der Waals surface area contributed by atoms with Crippen molar-refractivity contribution in [3.8, 4) is 0 Å². The number of hydrogen-bond donors (Lipinski definition) is 2. The van der Waals surface area contributed by atoms with Crippen molar-refractivity contribution in [2.45, 2.75) is 39.2 Å². The quantitative estimate of drug-likeness (QED) is 0.761. The normalized spacial score (nSPS) is 19.8. The predicted molar refractivity (Wildman–Crippen MR) is 71.6 cm³/mol. The maximum atomic E-state index is 11.8. The summed E-state index contributed by atoms with van der Waals surface area (Å²) >= 11 is 0. The standard InChI is InChI=1S/C12H24N2O2.ClH/c1-12(2,6-8-16-3)9-14-11(15)10-5-4-7-13-10;/h10,13H,4-9H2,1-3H3,(H,14,15);1H. The number of halogens is 1. The summed E-state index contributed by atoms with van der Waals surface area (Å²) in [5, 5.41) is 6.22. The van der Waals surface area contributed by atoms with E-state index in [1.54, 1.807) is 7.11 Å². The lowest BCUT2D eigenvalue weighted by atomic mass is 9.89. The van der Waals surface area contributed by atoms with Gasteiger partial charge in [-0.1, -0.05) is 13.8 Å². The zero-order chi connectivity index (χ0) is 12.0. The minimum atomic E-state index is 0. The van der Waals surface area contributed by atoms with Gasteiger partial charge in [0, 0.05) is 20.3 Å². The third-order valence-electron chi connectivity index (χ3n) is 3.10. The van der Waals surface area contributed by atoms with Gasteiger partial charge in [0.15, 0.2) is 0 Å². The Balaban J connectivity index is 0.00000256. The fraction of sp³-hybridized carbons (Fsp3) is 0.917. The number of carbonyl (C=O) groups is 1. The first-order chi connectivity index (χ1) is 7.55. The van der Waals surface area contributed by atoms with Crippen LogP contribution in [-0.4, -0.2) is 38.8 Å². The van der Waals surface area contributed by atoms with Crippen LogP contribution in [0.25, 0.3) is 0 Å². The van der Waals surface area contributed by atoms with Gasteiger partial charge in [-0.15, -0.1) is 12.4 Å². The van der Waals surface area contributed by atoms with Gasteiger partial charge in [0.25, 0.3) is 0 Å². The molecule has 1 rings (SSSR count). The Labute approximate surface area is 110 Å². The summed E-state index contributed by atoms with van der Waals surface area (Å²) in [6.45, 7) is 6.71. The Hall–Kier alpha value is -0.320. The molecule has 0 radical (unpaired) electrons. The number of amides is 1. The predicted octanol–water partition coefficient (Wildman–Crippen LogP) is 1.34. The summed E-state index contributed by atoms with van der Waals surface area (Å²) in [7, 11) is 1.71. The van der Waals surface area contributed by atoms with E-state index in [1.807, 2.05) is 0 Å². The Morgan fingerprint density at radius 2 is 2.24 bits per heavy atom. The first-order valence-electron chi connectivity index (χ1n) is 6.05. The minimum Gasteiger partial charge on any atom is -0.385 e. The third kappa shape index (κ3) is 6.24. The van der Waals surface area contributed by atoms with E-state index in [9.17, 15) is 4.79 Å². The van der Waals surface area contributed by atoms with E-state index >= 15 is 0 Å². The molecule has 1 atom stereocenters. The van der Waals surface area contributed by atoms with E-state index in [-0.39, 0.29) is 29.8 Å². The van der Waals surface area contributed by atoms with Crippen molar-refractivity contribution in [3.05, 3.63) is 0 Å². The van der Waals surface area contributed by atoms with Crippen molar-refractivity contribution >= 4 is 18.3 Å². The van der Waals surface area contributed by atoms with E-state index < -0.39 is 0 Å². The van der Waals surface area contributed by atoms with Gasteiger partial charge in [-0.25, -0.2) is 0 Å². The van der Waals surface area contributed by atoms with Crippen LogP contribution >= 0.6 is 12.4 Å². The molecule has 102 valence electrons. The van der Waals surface area contributed by atoms with Crippen molar-refractivity contribution in [1.29, 1.82) is 0 Å². The number of methoxy groups -OCH3 is 1. The zero-order valence-electron chi connectivity index (χ0n) is 11.0. The van der Waals surface area contributed by atoms with Gasteiger partial charge in [0.2, 0.25) is 5.91 Å². The maximum absolute atomic E-state index is 11.8. The Kier molecular flexibility index (Phi) is 7.75. The molecule has 1 fully saturated rings. The zero-order valence-corrected chi connectivity index (χ0v) is 11.9. The van der Waals surface area contributed by atoms with E-state index in [0.717, 1.165) is 32.4 Å². The molecule has 0 saturated carbocycles. The number of carbonyl (C=O) groups excluding carboxylic acids is 1. The third-order valence-corrected chi connectivity index (χ3v) is 3.10. The Morgan fingerprint density at radius 1 is 1.53 bits per heavy atom. The molecule has 5 heteroatoms. The summed E-state index contributed by atoms with van der Waals surface area (Å²) in [4.78, 5) is 11.8. The van der Waals surface area contributed by atoms with Gasteiger partial charge in [0.1, 0.15) is 0 Å². The molecule has 0 bridgehead atoms. The molecule has 1 aliphatic rings. The lowest BCUT2D eigenvalue weighted by Gasteiger charge is -2.25. The number of rotatable bonds is 6. The molecule has 17 heavy (non-hydrogen) atoms. The lowest BCUT2D eigenvalue weighted by molar-refractivity contribution is -0.123. The maximum Gasteiger partial charge on any atom is 0.237 e. The van der Waals surface area contributed by atoms with Crippen LogP contribution in [0.3, 0.4) is 0 Å². The van der Waals surface area contributed by atoms with Crippen molar-refractivity contribution in [3.63, 3.8) is 0 Å². The second-order valence-electron chi connectivity index (χ2n) is 5.27. The highest BCUT2D eigenvalue weighted by atomic mass is 35.5. The van der Waals surface area contributed by atoms with Crippen molar-refractivity contribution in [1.82, 2.24) is 10.6 Å². The Morgan fingerprint density at radius 3 is 2.76 bits per heavy atom. The molecule has 2 N–H and O–H groups in total. The van der Waals surface area contributed by atoms with E-state index in [0.29, 0.717) is 6.54 Å². The number of hydrogen-bond acceptors (Lipinski definition) is 3. The lowest BCUT2D eigenvalue weighted by Crippen LogP contribution is -2.44. The summed E-state index contributed by atoms with van der Waals surface area (Å²) < 4.78 is 5.06. The van der Waals surface area contributed by atoms with E-state index in [1.165, 1.54) is 0 Å². The molecule has 1 unspecified atom stereocenters. The molecule has 0 aromatic heterocycles. The molecule has 0 aliphatic carbocycles. The largest absolute Gasteiger partial charge is 0.385 e. The smallest absolute Gasteiger partial charge is 0.237 e. The molecule has 0 aromatic rings. The molecule has 4 nitrogen and oxygen atoms in total. The second-order valence-corrected chi connectivity index (χ2v) is 5.27. The molecule has 1 saturated heterocycles. The number of nitrogens with one attached hydrogen (secondary N) is 2. The van der Waals surface area contributed by atoms with E-state index in [4.69, 9.17) is 4.74 Å². The minimum absolute atomic E-state index is 0. The average molecular weight is 265 g/mol. The van der Waals surface area contributed by atoms with Crippen molar-refractivity contribution in [2.75, 3.05) is 26.8 Å². The first kappa shape index (κ1) is 16.7. The highest BCUT2D eigenvalue weighted by Crippen LogP contribution is 2.18. The monoisotopic (exact) mass is 264 g/mol. The van der Waals surface area contributed by atoms with Crippen LogP contribution in [0.2, 0.25) is 0 Å². The average Bonchev–Trinajstić information content (AvgIpc) is 2.77. The van der Waals surface area contributed by atoms with Crippen molar-refractivity contribution in [2.24, 2.45) is 5.41 Å². The van der Waals surface area contributed by atoms with Crippen LogP contribution < -0.4 is 10.6 Å². The van der Waals surface area contributed by atoms with Gasteiger partial charge < -0.3 is 15.4 Å². The van der Waals surface area contributed by atoms with Gasteiger partial charge in [0.05, 0.1) is 6.04 Å². The van der Waals surface area contributed by atoms with E-state index in [2.05, 4.69) is 24.5 Å². The first-order valence-corrected chi connectivity index (χ1v) is 6.05. The molecular formula is C12H25ClN2O2. The van der Waals surface area contributed by atoms with Crippen LogP contribution in [0.15, 0.2) is 0 Å². The Bertz CT molecular complexity index is 229.